The third-order valence-electron chi connectivity index (χ3n) is 3.10. The lowest BCUT2D eigenvalue weighted by atomic mass is 10.2. The first-order valence-electron chi connectivity index (χ1n) is 6.26. The van der Waals surface area contributed by atoms with Crippen LogP contribution >= 0.6 is 0 Å². The molecule has 2 aromatic heterocycles. The largest absolute Gasteiger partial charge is 0.366 e. The predicted octanol–water partition coefficient (Wildman–Crippen LogP) is 2.43. The van der Waals surface area contributed by atoms with Crippen molar-refractivity contribution in [3.05, 3.63) is 29.2 Å². The van der Waals surface area contributed by atoms with Crippen molar-refractivity contribution >= 4 is 5.82 Å². The quantitative estimate of drug-likeness (QED) is 0.902. The molecule has 0 atom stereocenters. The number of hydrogen-bond acceptors (Lipinski definition) is 3. The van der Waals surface area contributed by atoms with Crippen LogP contribution in [0, 0.1) is 13.8 Å². The molecule has 0 saturated heterocycles. The smallest absolute Gasteiger partial charge is 0.124 e. The van der Waals surface area contributed by atoms with E-state index in [4.69, 9.17) is 0 Å². The van der Waals surface area contributed by atoms with E-state index in [0.717, 1.165) is 18.1 Å². The first-order valence-corrected chi connectivity index (χ1v) is 6.26. The minimum atomic E-state index is 0.401. The molecular formula is C13H21N5. The summed E-state index contributed by atoms with van der Waals surface area (Å²) in [6.45, 7) is 9.16. The molecule has 5 heteroatoms. The van der Waals surface area contributed by atoms with E-state index in [2.05, 4.69) is 36.3 Å². The number of hydrogen-bond donors (Lipinski definition) is 1. The highest BCUT2D eigenvalue weighted by molar-refractivity contribution is 5.38. The Hall–Kier alpha value is -1.78. The van der Waals surface area contributed by atoms with Gasteiger partial charge in [0.25, 0.3) is 0 Å². The highest BCUT2D eigenvalue weighted by atomic mass is 15.3. The van der Waals surface area contributed by atoms with Crippen molar-refractivity contribution in [1.82, 2.24) is 19.6 Å². The van der Waals surface area contributed by atoms with E-state index in [9.17, 15) is 0 Å². The molecule has 0 aromatic carbocycles. The number of nitrogens with one attached hydrogen (secondary N) is 1. The minimum absolute atomic E-state index is 0.401. The van der Waals surface area contributed by atoms with Gasteiger partial charge in [-0.05, 0) is 27.7 Å². The second-order valence-electron chi connectivity index (χ2n) is 4.94. The summed E-state index contributed by atoms with van der Waals surface area (Å²) in [5.41, 5.74) is 3.47. The van der Waals surface area contributed by atoms with Gasteiger partial charge in [0.05, 0.1) is 11.9 Å². The average Bonchev–Trinajstić information content (AvgIpc) is 2.79. The van der Waals surface area contributed by atoms with Gasteiger partial charge in [0.2, 0.25) is 0 Å². The van der Waals surface area contributed by atoms with Gasteiger partial charge in [-0.2, -0.15) is 10.2 Å². The molecule has 98 valence electrons. The standard InChI is InChI=1S/C13H21N5/c1-9(2)18-11(4)12(8-15-18)7-14-13-6-10(3)16-17(13)5/h6,8-9,14H,7H2,1-5H3. The van der Waals surface area contributed by atoms with Crippen molar-refractivity contribution in [2.24, 2.45) is 7.05 Å². The summed E-state index contributed by atoms with van der Waals surface area (Å²) in [7, 11) is 1.94. The zero-order valence-corrected chi connectivity index (χ0v) is 11.7. The number of anilines is 1. The maximum Gasteiger partial charge on any atom is 0.124 e. The molecular weight excluding hydrogens is 226 g/mol. The van der Waals surface area contributed by atoms with Crippen molar-refractivity contribution in [3.8, 4) is 0 Å². The lowest BCUT2D eigenvalue weighted by Crippen LogP contribution is -2.07. The summed E-state index contributed by atoms with van der Waals surface area (Å²) >= 11 is 0. The highest BCUT2D eigenvalue weighted by Gasteiger charge is 2.09. The molecule has 0 saturated carbocycles. The van der Waals surface area contributed by atoms with Gasteiger partial charge < -0.3 is 5.32 Å². The van der Waals surface area contributed by atoms with E-state index in [-0.39, 0.29) is 0 Å². The van der Waals surface area contributed by atoms with Crippen molar-refractivity contribution in [3.63, 3.8) is 0 Å². The van der Waals surface area contributed by atoms with Crippen molar-refractivity contribution in [1.29, 1.82) is 0 Å². The fourth-order valence-electron chi connectivity index (χ4n) is 2.12. The number of aryl methyl sites for hydroxylation is 2. The van der Waals surface area contributed by atoms with E-state index in [0.29, 0.717) is 6.04 Å². The summed E-state index contributed by atoms with van der Waals surface area (Å²) in [5.74, 6) is 1.03. The average molecular weight is 247 g/mol. The second kappa shape index (κ2) is 4.84. The van der Waals surface area contributed by atoms with Gasteiger partial charge in [0.15, 0.2) is 0 Å². The zero-order valence-electron chi connectivity index (χ0n) is 11.7. The van der Waals surface area contributed by atoms with Gasteiger partial charge in [-0.3, -0.25) is 9.36 Å². The molecule has 0 aliphatic rings. The van der Waals surface area contributed by atoms with E-state index in [1.54, 1.807) is 0 Å². The van der Waals surface area contributed by atoms with E-state index in [1.807, 2.05) is 35.6 Å². The Balaban J connectivity index is 2.09. The van der Waals surface area contributed by atoms with Crippen LogP contribution in [0.25, 0.3) is 0 Å². The molecule has 0 amide bonds. The van der Waals surface area contributed by atoms with Crippen molar-refractivity contribution < 1.29 is 0 Å². The minimum Gasteiger partial charge on any atom is -0.366 e. The maximum absolute atomic E-state index is 4.41. The van der Waals surface area contributed by atoms with Gasteiger partial charge in [0, 0.05) is 37.0 Å². The molecule has 2 rings (SSSR count). The van der Waals surface area contributed by atoms with Crippen LogP contribution in [0.3, 0.4) is 0 Å². The molecule has 0 spiro atoms. The monoisotopic (exact) mass is 247 g/mol. The Morgan fingerprint density at radius 3 is 2.56 bits per heavy atom. The summed E-state index contributed by atoms with van der Waals surface area (Å²) in [6.07, 6.45) is 1.94. The fourth-order valence-corrected chi connectivity index (χ4v) is 2.12. The normalized spacial score (nSPS) is 11.2. The van der Waals surface area contributed by atoms with Crippen LogP contribution in [0.4, 0.5) is 5.82 Å². The Morgan fingerprint density at radius 2 is 2.06 bits per heavy atom. The summed E-state index contributed by atoms with van der Waals surface area (Å²) in [5, 5.41) is 12.1. The van der Waals surface area contributed by atoms with Gasteiger partial charge in [-0.15, -0.1) is 0 Å². The van der Waals surface area contributed by atoms with Gasteiger partial charge >= 0.3 is 0 Å². The van der Waals surface area contributed by atoms with E-state index < -0.39 is 0 Å². The van der Waals surface area contributed by atoms with Crippen molar-refractivity contribution in [2.45, 2.75) is 40.3 Å². The highest BCUT2D eigenvalue weighted by Crippen LogP contribution is 2.15. The summed E-state index contributed by atoms with van der Waals surface area (Å²) in [4.78, 5) is 0. The van der Waals surface area contributed by atoms with Crippen LogP contribution < -0.4 is 5.32 Å². The van der Waals surface area contributed by atoms with Crippen LogP contribution in [0.5, 0.6) is 0 Å². The zero-order chi connectivity index (χ0) is 13.3. The Morgan fingerprint density at radius 1 is 1.33 bits per heavy atom. The molecule has 0 fully saturated rings. The molecule has 0 aliphatic carbocycles. The van der Waals surface area contributed by atoms with Gasteiger partial charge in [-0.25, -0.2) is 0 Å². The van der Waals surface area contributed by atoms with Crippen molar-refractivity contribution in [2.75, 3.05) is 5.32 Å². The van der Waals surface area contributed by atoms with E-state index in [1.165, 1.54) is 11.3 Å². The lowest BCUT2D eigenvalue weighted by molar-refractivity contribution is 0.518. The first kappa shape index (κ1) is 12.7. The summed E-state index contributed by atoms with van der Waals surface area (Å²) in [6, 6.07) is 2.44. The number of aromatic nitrogens is 4. The molecule has 0 bridgehead atoms. The topological polar surface area (TPSA) is 47.7 Å². The van der Waals surface area contributed by atoms with Gasteiger partial charge in [0.1, 0.15) is 5.82 Å². The van der Waals surface area contributed by atoms with Gasteiger partial charge in [-0.1, -0.05) is 0 Å². The summed E-state index contributed by atoms with van der Waals surface area (Å²) < 4.78 is 3.91. The predicted molar refractivity (Wildman–Crippen MR) is 72.6 cm³/mol. The Bertz CT molecular complexity index is 536. The first-order chi connectivity index (χ1) is 8.49. The van der Waals surface area contributed by atoms with Crippen LogP contribution in [0.1, 0.15) is 36.8 Å². The third kappa shape index (κ3) is 2.39. The Labute approximate surface area is 108 Å². The molecule has 1 N–H and O–H groups in total. The second-order valence-corrected chi connectivity index (χ2v) is 4.94. The van der Waals surface area contributed by atoms with Crippen LogP contribution in [0.15, 0.2) is 12.3 Å². The molecule has 18 heavy (non-hydrogen) atoms. The maximum atomic E-state index is 4.41. The van der Waals surface area contributed by atoms with E-state index >= 15 is 0 Å². The Kier molecular flexibility index (Phi) is 3.41. The molecule has 0 unspecified atom stereocenters. The SMILES string of the molecule is Cc1cc(NCc2cnn(C(C)C)c2C)n(C)n1. The van der Waals surface area contributed by atoms with Crippen LogP contribution in [-0.4, -0.2) is 19.6 Å². The fraction of sp³-hybridized carbons (Fsp3) is 0.538. The molecule has 2 heterocycles. The molecule has 0 aliphatic heterocycles. The number of nitrogens with zero attached hydrogens (tertiary/aromatic N) is 4. The third-order valence-corrected chi connectivity index (χ3v) is 3.10. The molecule has 2 aromatic rings. The number of rotatable bonds is 4. The van der Waals surface area contributed by atoms with Crippen LogP contribution in [-0.2, 0) is 13.6 Å². The lowest BCUT2D eigenvalue weighted by Gasteiger charge is -2.09. The molecule has 5 nitrogen and oxygen atoms in total. The molecule has 0 radical (unpaired) electrons. The van der Waals surface area contributed by atoms with Crippen LogP contribution in [0.2, 0.25) is 0 Å².